The van der Waals surface area contributed by atoms with Crippen LogP contribution in [0.4, 0.5) is 5.69 Å². The Bertz CT molecular complexity index is 724. The molecular formula is C23H30N2O2. The van der Waals surface area contributed by atoms with Crippen LogP contribution in [0.3, 0.4) is 0 Å². The Labute approximate surface area is 162 Å². The molecule has 4 heteroatoms. The molecule has 1 fully saturated rings. The second kappa shape index (κ2) is 9.56. The van der Waals surface area contributed by atoms with E-state index < -0.39 is 0 Å². The van der Waals surface area contributed by atoms with Gasteiger partial charge in [-0.3, -0.25) is 4.79 Å². The van der Waals surface area contributed by atoms with E-state index in [0.29, 0.717) is 11.8 Å². The molecule has 4 nitrogen and oxygen atoms in total. The standard InChI is InChI=1S/C23H30N2O2/c1-18(12-13-19-8-4-3-5-9-19)25-16-14-20(15-17-25)23(26)24-21-10-6-7-11-22(21)27-2/h3-11,18,20H,12-17H2,1-2H3,(H,24,26). The van der Waals surface area contributed by atoms with Gasteiger partial charge in [0, 0.05) is 12.0 Å². The highest BCUT2D eigenvalue weighted by Gasteiger charge is 2.27. The number of aryl methyl sites for hydroxylation is 1. The number of rotatable bonds is 7. The SMILES string of the molecule is COc1ccccc1NC(=O)C1CCN(C(C)CCc2ccccc2)CC1. The summed E-state index contributed by atoms with van der Waals surface area (Å²) in [5.41, 5.74) is 2.15. The van der Waals surface area contributed by atoms with Crippen molar-refractivity contribution in [2.24, 2.45) is 5.92 Å². The van der Waals surface area contributed by atoms with Crippen molar-refractivity contribution in [3.63, 3.8) is 0 Å². The molecule has 0 aliphatic carbocycles. The third-order valence-electron chi connectivity index (χ3n) is 5.58. The highest BCUT2D eigenvalue weighted by molar-refractivity contribution is 5.94. The summed E-state index contributed by atoms with van der Waals surface area (Å²) < 4.78 is 5.32. The van der Waals surface area contributed by atoms with E-state index in [9.17, 15) is 4.79 Å². The first-order valence-electron chi connectivity index (χ1n) is 9.89. The van der Waals surface area contributed by atoms with Crippen LogP contribution in [-0.2, 0) is 11.2 Å². The molecule has 0 aromatic heterocycles. The fourth-order valence-corrected chi connectivity index (χ4v) is 3.79. The maximum absolute atomic E-state index is 12.6. The minimum Gasteiger partial charge on any atom is -0.495 e. The molecule has 1 N–H and O–H groups in total. The lowest BCUT2D eigenvalue weighted by molar-refractivity contribution is -0.121. The number of likely N-dealkylation sites (tertiary alicyclic amines) is 1. The summed E-state index contributed by atoms with van der Waals surface area (Å²) >= 11 is 0. The summed E-state index contributed by atoms with van der Waals surface area (Å²) in [6, 6.07) is 18.8. The number of anilines is 1. The minimum atomic E-state index is 0.0764. The smallest absolute Gasteiger partial charge is 0.227 e. The number of carbonyl (C=O) groups excluding carboxylic acids is 1. The Morgan fingerprint density at radius 2 is 1.78 bits per heavy atom. The van der Waals surface area contributed by atoms with Gasteiger partial charge in [0.25, 0.3) is 0 Å². The number of ether oxygens (including phenoxy) is 1. The second-order valence-corrected chi connectivity index (χ2v) is 7.37. The van der Waals surface area contributed by atoms with E-state index in [1.165, 1.54) is 5.56 Å². The molecule has 27 heavy (non-hydrogen) atoms. The molecule has 0 radical (unpaired) electrons. The van der Waals surface area contributed by atoms with Gasteiger partial charge in [-0.1, -0.05) is 42.5 Å². The van der Waals surface area contributed by atoms with Gasteiger partial charge in [0.1, 0.15) is 5.75 Å². The first-order valence-corrected chi connectivity index (χ1v) is 9.89. The molecule has 1 aliphatic rings. The van der Waals surface area contributed by atoms with Crippen LogP contribution in [0.15, 0.2) is 54.6 Å². The van der Waals surface area contributed by atoms with Gasteiger partial charge in [-0.05, 0) is 63.4 Å². The van der Waals surface area contributed by atoms with Gasteiger partial charge in [-0.2, -0.15) is 0 Å². The van der Waals surface area contributed by atoms with Crippen LogP contribution in [0.1, 0.15) is 31.7 Å². The van der Waals surface area contributed by atoms with Crippen LogP contribution in [0.25, 0.3) is 0 Å². The van der Waals surface area contributed by atoms with Crippen LogP contribution < -0.4 is 10.1 Å². The maximum Gasteiger partial charge on any atom is 0.227 e. The molecule has 1 saturated heterocycles. The lowest BCUT2D eigenvalue weighted by Crippen LogP contribution is -2.42. The predicted molar refractivity (Wildman–Crippen MR) is 110 cm³/mol. The molecule has 2 aromatic rings. The molecule has 0 saturated carbocycles. The van der Waals surface area contributed by atoms with E-state index in [1.807, 2.05) is 24.3 Å². The average molecular weight is 367 g/mol. The van der Waals surface area contributed by atoms with Gasteiger partial charge in [0.05, 0.1) is 12.8 Å². The van der Waals surface area contributed by atoms with E-state index >= 15 is 0 Å². The van der Waals surface area contributed by atoms with Crippen molar-refractivity contribution in [3.05, 3.63) is 60.2 Å². The highest BCUT2D eigenvalue weighted by Crippen LogP contribution is 2.26. The Hall–Kier alpha value is -2.33. The summed E-state index contributed by atoms with van der Waals surface area (Å²) in [5, 5.41) is 3.04. The van der Waals surface area contributed by atoms with Crippen molar-refractivity contribution in [3.8, 4) is 5.75 Å². The average Bonchev–Trinajstić information content (AvgIpc) is 2.73. The summed E-state index contributed by atoms with van der Waals surface area (Å²) in [7, 11) is 1.63. The van der Waals surface area contributed by atoms with Gasteiger partial charge in [0.15, 0.2) is 0 Å². The lowest BCUT2D eigenvalue weighted by atomic mass is 9.94. The van der Waals surface area contributed by atoms with Gasteiger partial charge >= 0.3 is 0 Å². The van der Waals surface area contributed by atoms with Crippen molar-refractivity contribution < 1.29 is 9.53 Å². The van der Waals surface area contributed by atoms with Crippen LogP contribution in [0.2, 0.25) is 0 Å². The van der Waals surface area contributed by atoms with Crippen molar-refractivity contribution in [2.45, 2.75) is 38.6 Å². The molecule has 1 unspecified atom stereocenters. The Kier molecular flexibility index (Phi) is 6.88. The van der Waals surface area contributed by atoms with E-state index in [-0.39, 0.29) is 11.8 Å². The fourth-order valence-electron chi connectivity index (χ4n) is 3.79. The molecule has 0 bridgehead atoms. The number of hydrogen-bond donors (Lipinski definition) is 1. The first-order chi connectivity index (χ1) is 13.2. The Morgan fingerprint density at radius 1 is 1.11 bits per heavy atom. The molecule has 1 atom stereocenters. The van der Waals surface area contributed by atoms with E-state index in [2.05, 4.69) is 47.5 Å². The van der Waals surface area contributed by atoms with Gasteiger partial charge in [0.2, 0.25) is 5.91 Å². The van der Waals surface area contributed by atoms with E-state index in [0.717, 1.165) is 44.5 Å². The summed E-state index contributed by atoms with van der Waals surface area (Å²) in [5.74, 6) is 0.890. The molecule has 2 aromatic carbocycles. The van der Waals surface area contributed by atoms with Gasteiger partial charge < -0.3 is 15.0 Å². The maximum atomic E-state index is 12.6. The number of nitrogens with one attached hydrogen (secondary N) is 1. The molecule has 3 rings (SSSR count). The number of hydrogen-bond acceptors (Lipinski definition) is 3. The summed E-state index contributed by atoms with van der Waals surface area (Å²) in [4.78, 5) is 15.2. The third kappa shape index (κ3) is 5.33. The van der Waals surface area contributed by atoms with Crippen molar-refractivity contribution in [2.75, 3.05) is 25.5 Å². The first kappa shape index (κ1) is 19.4. The molecular weight excluding hydrogens is 336 g/mol. The number of para-hydroxylation sites is 2. The van der Waals surface area contributed by atoms with E-state index in [4.69, 9.17) is 4.74 Å². The normalized spacial score (nSPS) is 16.7. The summed E-state index contributed by atoms with van der Waals surface area (Å²) in [6.45, 7) is 4.28. The Morgan fingerprint density at radius 3 is 2.48 bits per heavy atom. The quantitative estimate of drug-likeness (QED) is 0.791. The zero-order valence-corrected chi connectivity index (χ0v) is 16.4. The van der Waals surface area contributed by atoms with Crippen molar-refractivity contribution in [1.82, 2.24) is 4.90 Å². The number of amides is 1. The fraction of sp³-hybridized carbons (Fsp3) is 0.435. The lowest BCUT2D eigenvalue weighted by Gasteiger charge is -2.35. The minimum absolute atomic E-state index is 0.0764. The number of nitrogens with zero attached hydrogens (tertiary/aromatic N) is 1. The number of methoxy groups -OCH3 is 1. The van der Waals surface area contributed by atoms with E-state index in [1.54, 1.807) is 7.11 Å². The van der Waals surface area contributed by atoms with Gasteiger partial charge in [-0.15, -0.1) is 0 Å². The molecule has 1 aliphatic heterocycles. The number of carbonyl (C=O) groups is 1. The monoisotopic (exact) mass is 366 g/mol. The van der Waals surface area contributed by atoms with Crippen LogP contribution in [-0.4, -0.2) is 37.0 Å². The highest BCUT2D eigenvalue weighted by atomic mass is 16.5. The third-order valence-corrected chi connectivity index (χ3v) is 5.58. The van der Waals surface area contributed by atoms with Crippen molar-refractivity contribution >= 4 is 11.6 Å². The number of piperidine rings is 1. The van der Waals surface area contributed by atoms with Crippen LogP contribution in [0.5, 0.6) is 5.75 Å². The second-order valence-electron chi connectivity index (χ2n) is 7.37. The topological polar surface area (TPSA) is 41.6 Å². The zero-order chi connectivity index (χ0) is 19.1. The predicted octanol–water partition coefficient (Wildman–Crippen LogP) is 4.37. The van der Waals surface area contributed by atoms with Crippen LogP contribution >= 0.6 is 0 Å². The van der Waals surface area contributed by atoms with Gasteiger partial charge in [-0.25, -0.2) is 0 Å². The number of benzene rings is 2. The van der Waals surface area contributed by atoms with Crippen LogP contribution in [0, 0.1) is 5.92 Å². The molecule has 144 valence electrons. The largest absolute Gasteiger partial charge is 0.495 e. The summed E-state index contributed by atoms with van der Waals surface area (Å²) in [6.07, 6.45) is 4.09. The molecule has 1 heterocycles. The Balaban J connectivity index is 1.46. The zero-order valence-electron chi connectivity index (χ0n) is 16.4. The van der Waals surface area contributed by atoms with Crippen molar-refractivity contribution in [1.29, 1.82) is 0 Å². The molecule has 1 amide bonds. The molecule has 0 spiro atoms.